The molecule has 0 aromatic heterocycles. The van der Waals surface area contributed by atoms with Crippen molar-refractivity contribution >= 4 is 33.4 Å². The molecule has 2 aromatic rings. The molecule has 2 aromatic carbocycles. The van der Waals surface area contributed by atoms with Crippen LogP contribution in [0.3, 0.4) is 0 Å². The molecule has 0 bridgehead atoms. The van der Waals surface area contributed by atoms with Gasteiger partial charge < -0.3 is 15.3 Å². The summed E-state index contributed by atoms with van der Waals surface area (Å²) in [6, 6.07) is 16.6. The number of aliphatic hydroxyl groups excluding tert-OH is 1. The fraction of sp³-hybridized carbons (Fsp3) is 0.263. The summed E-state index contributed by atoms with van der Waals surface area (Å²) in [6.45, 7) is 0.486. The van der Waals surface area contributed by atoms with Crippen LogP contribution in [0.2, 0.25) is 0 Å². The molecule has 0 unspecified atom stereocenters. The zero-order valence-electron chi connectivity index (χ0n) is 13.6. The highest BCUT2D eigenvalue weighted by molar-refractivity contribution is 9.10. The van der Waals surface area contributed by atoms with Crippen molar-refractivity contribution in [1.29, 1.82) is 0 Å². The molecule has 1 saturated heterocycles. The molecule has 0 saturated carbocycles. The van der Waals surface area contributed by atoms with Crippen molar-refractivity contribution in [3.05, 3.63) is 64.6 Å². The molecule has 25 heavy (non-hydrogen) atoms. The van der Waals surface area contributed by atoms with Gasteiger partial charge in [0.25, 0.3) is 0 Å². The molecular formula is C19H19BrN2O3. The topological polar surface area (TPSA) is 69.6 Å². The van der Waals surface area contributed by atoms with Crippen LogP contribution in [-0.2, 0) is 9.59 Å². The summed E-state index contributed by atoms with van der Waals surface area (Å²) in [6.07, 6.45) is -0.576. The van der Waals surface area contributed by atoms with Crippen LogP contribution in [0, 0.1) is 5.92 Å². The normalized spacial score (nSPS) is 18.2. The zero-order valence-corrected chi connectivity index (χ0v) is 15.1. The zero-order chi connectivity index (χ0) is 17.8. The van der Waals surface area contributed by atoms with Gasteiger partial charge in [-0.05, 0) is 29.8 Å². The Morgan fingerprint density at radius 3 is 2.56 bits per heavy atom. The predicted molar refractivity (Wildman–Crippen MR) is 99.0 cm³/mol. The van der Waals surface area contributed by atoms with Gasteiger partial charge in [-0.2, -0.15) is 0 Å². The first-order valence-corrected chi connectivity index (χ1v) is 8.90. The third-order valence-electron chi connectivity index (χ3n) is 4.29. The summed E-state index contributed by atoms with van der Waals surface area (Å²) in [5.41, 5.74) is 1.54. The summed E-state index contributed by atoms with van der Waals surface area (Å²) in [4.78, 5) is 26.2. The first kappa shape index (κ1) is 17.6. The third-order valence-corrected chi connectivity index (χ3v) is 4.82. The number of carbonyl (C=O) groups excluding carboxylic acids is 2. The van der Waals surface area contributed by atoms with Gasteiger partial charge in [-0.3, -0.25) is 9.59 Å². The number of benzene rings is 2. The maximum absolute atomic E-state index is 12.3. The summed E-state index contributed by atoms with van der Waals surface area (Å²) in [7, 11) is 0. The Hall–Kier alpha value is -2.18. The number of hydrogen-bond acceptors (Lipinski definition) is 3. The maximum atomic E-state index is 12.3. The Kier molecular flexibility index (Phi) is 5.50. The molecule has 130 valence electrons. The molecule has 3 rings (SSSR count). The van der Waals surface area contributed by atoms with Crippen molar-refractivity contribution in [2.24, 2.45) is 5.92 Å². The number of amides is 2. The van der Waals surface area contributed by atoms with E-state index in [1.807, 2.05) is 54.6 Å². The molecule has 0 aliphatic carbocycles. The number of rotatable bonds is 5. The van der Waals surface area contributed by atoms with Gasteiger partial charge in [0.15, 0.2) is 0 Å². The van der Waals surface area contributed by atoms with Gasteiger partial charge in [0.05, 0.1) is 12.0 Å². The van der Waals surface area contributed by atoms with E-state index in [-0.39, 0.29) is 24.8 Å². The van der Waals surface area contributed by atoms with Crippen molar-refractivity contribution in [3.63, 3.8) is 0 Å². The molecule has 5 nitrogen and oxygen atoms in total. The molecule has 2 amide bonds. The van der Waals surface area contributed by atoms with Crippen molar-refractivity contribution in [1.82, 2.24) is 5.32 Å². The molecule has 1 heterocycles. The Morgan fingerprint density at radius 2 is 1.88 bits per heavy atom. The number of nitrogens with zero attached hydrogens (tertiary/aromatic N) is 1. The highest BCUT2D eigenvalue weighted by Crippen LogP contribution is 2.26. The molecule has 0 spiro atoms. The van der Waals surface area contributed by atoms with Gasteiger partial charge in [-0.15, -0.1) is 0 Å². The van der Waals surface area contributed by atoms with Crippen LogP contribution in [0.4, 0.5) is 5.69 Å². The summed E-state index contributed by atoms with van der Waals surface area (Å²) < 4.78 is 0.937. The van der Waals surface area contributed by atoms with E-state index in [0.717, 1.165) is 15.7 Å². The monoisotopic (exact) mass is 402 g/mol. The Morgan fingerprint density at radius 1 is 1.20 bits per heavy atom. The van der Waals surface area contributed by atoms with Gasteiger partial charge in [-0.25, -0.2) is 0 Å². The highest BCUT2D eigenvalue weighted by atomic mass is 79.9. The Balaban J connectivity index is 1.56. The number of aliphatic hydroxyl groups is 1. The fourth-order valence-electron chi connectivity index (χ4n) is 2.89. The number of halogens is 1. The van der Waals surface area contributed by atoms with Crippen molar-refractivity contribution in [3.8, 4) is 0 Å². The number of carbonyl (C=O) groups is 2. The van der Waals surface area contributed by atoms with E-state index in [2.05, 4.69) is 21.2 Å². The van der Waals surface area contributed by atoms with Crippen molar-refractivity contribution in [2.45, 2.75) is 12.5 Å². The summed E-state index contributed by atoms with van der Waals surface area (Å²) >= 11 is 3.37. The lowest BCUT2D eigenvalue weighted by atomic mass is 10.1. The minimum absolute atomic E-state index is 0.0638. The molecule has 6 heteroatoms. The van der Waals surface area contributed by atoms with Gasteiger partial charge in [0, 0.05) is 29.7 Å². The number of anilines is 1. The SMILES string of the molecule is O=C(NC[C@H](O)c1ccccc1)[C@H]1CC(=O)N(c2ccc(Br)cc2)C1. The van der Waals surface area contributed by atoms with Crippen LogP contribution < -0.4 is 10.2 Å². The minimum Gasteiger partial charge on any atom is -0.387 e. The van der Waals surface area contributed by atoms with E-state index in [1.165, 1.54) is 0 Å². The lowest BCUT2D eigenvalue weighted by molar-refractivity contribution is -0.126. The van der Waals surface area contributed by atoms with Gasteiger partial charge >= 0.3 is 0 Å². The lowest BCUT2D eigenvalue weighted by Gasteiger charge is -2.17. The molecule has 1 aliphatic rings. The van der Waals surface area contributed by atoms with E-state index in [4.69, 9.17) is 0 Å². The van der Waals surface area contributed by atoms with E-state index >= 15 is 0 Å². The summed E-state index contributed by atoms with van der Waals surface area (Å²) in [5.74, 6) is -0.673. The molecule has 0 radical (unpaired) electrons. The van der Waals surface area contributed by atoms with Crippen molar-refractivity contribution in [2.75, 3.05) is 18.0 Å². The number of nitrogens with one attached hydrogen (secondary N) is 1. The van der Waals surface area contributed by atoms with Crippen LogP contribution in [-0.4, -0.2) is 30.0 Å². The lowest BCUT2D eigenvalue weighted by Crippen LogP contribution is -2.35. The second-order valence-corrected chi connectivity index (χ2v) is 6.97. The second kappa shape index (κ2) is 7.80. The summed E-state index contributed by atoms with van der Waals surface area (Å²) in [5, 5.41) is 12.9. The Bertz CT molecular complexity index is 749. The average Bonchev–Trinajstić information content (AvgIpc) is 3.02. The van der Waals surface area contributed by atoms with Gasteiger partial charge in [0.2, 0.25) is 11.8 Å². The van der Waals surface area contributed by atoms with Crippen LogP contribution in [0.15, 0.2) is 59.1 Å². The maximum Gasteiger partial charge on any atom is 0.227 e. The van der Waals surface area contributed by atoms with Crippen LogP contribution >= 0.6 is 15.9 Å². The molecule has 2 atom stereocenters. The highest BCUT2D eigenvalue weighted by Gasteiger charge is 2.35. The van der Waals surface area contributed by atoms with Gasteiger partial charge in [-0.1, -0.05) is 46.3 Å². The standard InChI is InChI=1S/C19H19BrN2O3/c20-15-6-8-16(9-7-15)22-12-14(10-18(22)24)19(25)21-11-17(23)13-4-2-1-3-5-13/h1-9,14,17,23H,10-12H2,(H,21,25)/t14-,17-/m0/s1. The Labute approximate surface area is 154 Å². The predicted octanol–water partition coefficient (Wildman–Crippen LogP) is 2.65. The fourth-order valence-corrected chi connectivity index (χ4v) is 3.15. The largest absolute Gasteiger partial charge is 0.387 e. The molecule has 1 fully saturated rings. The quantitative estimate of drug-likeness (QED) is 0.807. The van der Waals surface area contributed by atoms with Crippen LogP contribution in [0.1, 0.15) is 18.1 Å². The van der Waals surface area contributed by atoms with Crippen LogP contribution in [0.25, 0.3) is 0 Å². The molecular weight excluding hydrogens is 384 g/mol. The van der Waals surface area contributed by atoms with Crippen molar-refractivity contribution < 1.29 is 14.7 Å². The smallest absolute Gasteiger partial charge is 0.227 e. The van der Waals surface area contributed by atoms with E-state index in [0.29, 0.717) is 6.54 Å². The van der Waals surface area contributed by atoms with E-state index < -0.39 is 12.0 Å². The first-order valence-electron chi connectivity index (χ1n) is 8.11. The third kappa shape index (κ3) is 4.27. The van der Waals surface area contributed by atoms with E-state index in [9.17, 15) is 14.7 Å². The van der Waals surface area contributed by atoms with Crippen LogP contribution in [0.5, 0.6) is 0 Å². The second-order valence-electron chi connectivity index (χ2n) is 6.05. The minimum atomic E-state index is -0.759. The van der Waals surface area contributed by atoms with Gasteiger partial charge in [0.1, 0.15) is 0 Å². The molecule has 1 aliphatic heterocycles. The molecule has 2 N–H and O–H groups in total. The first-order chi connectivity index (χ1) is 12.0. The van der Waals surface area contributed by atoms with E-state index in [1.54, 1.807) is 4.90 Å². The average molecular weight is 403 g/mol. The number of hydrogen-bond donors (Lipinski definition) is 2.